The van der Waals surface area contributed by atoms with Crippen LogP contribution in [0.4, 0.5) is 0 Å². The molecule has 0 aliphatic rings. The molecule has 0 saturated carbocycles. The molecule has 0 radical (unpaired) electrons. The number of amides is 1. The molecule has 4 nitrogen and oxygen atoms in total. The fourth-order valence-electron chi connectivity index (χ4n) is 1.82. The molecule has 1 N–H and O–H groups in total. The van der Waals surface area contributed by atoms with E-state index in [1.54, 1.807) is 6.92 Å². The Morgan fingerprint density at radius 2 is 1.80 bits per heavy atom. The normalized spacial score (nSPS) is 12.9. The van der Waals surface area contributed by atoms with Crippen LogP contribution in [0.5, 0.6) is 0 Å². The Morgan fingerprint density at radius 1 is 1.20 bits per heavy atom. The van der Waals surface area contributed by atoms with Crippen molar-refractivity contribution in [2.75, 3.05) is 18.1 Å². The van der Waals surface area contributed by atoms with Crippen LogP contribution in [0.2, 0.25) is 0 Å². The lowest BCUT2D eigenvalue weighted by Gasteiger charge is -2.13. The molecular formula is C15H23NO3S. The maximum atomic E-state index is 12.0. The third-order valence-electron chi connectivity index (χ3n) is 3.43. The molecule has 0 fully saturated rings. The first-order chi connectivity index (χ1) is 9.39. The minimum Gasteiger partial charge on any atom is -0.355 e. The third-order valence-corrected chi connectivity index (χ3v) is 5.14. The molecule has 20 heavy (non-hydrogen) atoms. The van der Waals surface area contributed by atoms with Gasteiger partial charge in [-0.25, -0.2) is 8.42 Å². The van der Waals surface area contributed by atoms with Gasteiger partial charge < -0.3 is 5.32 Å². The van der Waals surface area contributed by atoms with Gasteiger partial charge in [0.05, 0.1) is 11.7 Å². The fraction of sp³-hybridized carbons (Fsp3) is 0.533. The van der Waals surface area contributed by atoms with Crippen molar-refractivity contribution in [1.29, 1.82) is 0 Å². The second kappa shape index (κ2) is 7.43. The van der Waals surface area contributed by atoms with Crippen molar-refractivity contribution in [3.05, 3.63) is 35.4 Å². The largest absolute Gasteiger partial charge is 0.355 e. The number of carbonyl (C=O) groups is 1. The van der Waals surface area contributed by atoms with E-state index in [-0.39, 0.29) is 29.9 Å². The number of hydrogen-bond donors (Lipinski definition) is 1. The third kappa shape index (κ3) is 4.96. The maximum absolute atomic E-state index is 12.0. The summed E-state index contributed by atoms with van der Waals surface area (Å²) in [7, 11) is -3.03. The molecule has 1 aromatic rings. The van der Waals surface area contributed by atoms with E-state index in [1.165, 1.54) is 5.56 Å². The van der Waals surface area contributed by atoms with Gasteiger partial charge in [0.15, 0.2) is 9.84 Å². The summed E-state index contributed by atoms with van der Waals surface area (Å²) in [6.07, 6.45) is 0.968. The first-order valence-electron chi connectivity index (χ1n) is 6.96. The molecule has 0 bridgehead atoms. The summed E-state index contributed by atoms with van der Waals surface area (Å²) < 4.78 is 22.7. The highest BCUT2D eigenvalue weighted by molar-refractivity contribution is 7.91. The number of rotatable bonds is 7. The zero-order valence-electron chi connectivity index (χ0n) is 12.3. The van der Waals surface area contributed by atoms with E-state index in [2.05, 4.69) is 12.2 Å². The Morgan fingerprint density at radius 3 is 2.30 bits per heavy atom. The van der Waals surface area contributed by atoms with Crippen LogP contribution in [0.15, 0.2) is 24.3 Å². The lowest BCUT2D eigenvalue weighted by Crippen LogP contribution is -2.32. The number of aryl methyl sites for hydroxylation is 1. The quantitative estimate of drug-likeness (QED) is 0.836. The lowest BCUT2D eigenvalue weighted by molar-refractivity contribution is -0.122. The number of hydrogen-bond acceptors (Lipinski definition) is 3. The number of nitrogens with one attached hydrogen (secondary N) is 1. The van der Waals surface area contributed by atoms with Crippen LogP contribution in [0.1, 0.15) is 37.8 Å². The van der Waals surface area contributed by atoms with Crippen molar-refractivity contribution in [3.63, 3.8) is 0 Å². The Kier molecular flexibility index (Phi) is 6.20. The minimum atomic E-state index is -3.03. The summed E-state index contributed by atoms with van der Waals surface area (Å²) >= 11 is 0. The summed E-state index contributed by atoms with van der Waals surface area (Å²) in [5.41, 5.74) is 2.17. The molecular weight excluding hydrogens is 274 g/mol. The molecule has 112 valence electrons. The molecule has 0 heterocycles. The summed E-state index contributed by atoms with van der Waals surface area (Å²) in [5.74, 6) is -0.307. The van der Waals surface area contributed by atoms with Crippen molar-refractivity contribution >= 4 is 15.7 Å². The Hall–Kier alpha value is -1.36. The van der Waals surface area contributed by atoms with Crippen molar-refractivity contribution < 1.29 is 13.2 Å². The molecule has 0 aliphatic carbocycles. The van der Waals surface area contributed by atoms with Crippen LogP contribution in [0.3, 0.4) is 0 Å². The first kappa shape index (κ1) is 16.7. The molecule has 0 aliphatic heterocycles. The molecule has 0 spiro atoms. The molecule has 1 amide bonds. The van der Waals surface area contributed by atoms with E-state index in [0.29, 0.717) is 0 Å². The van der Waals surface area contributed by atoms with Crippen molar-refractivity contribution in [1.82, 2.24) is 5.32 Å². The molecule has 1 unspecified atom stereocenters. The van der Waals surface area contributed by atoms with Crippen molar-refractivity contribution in [2.45, 2.75) is 33.1 Å². The Labute approximate surface area is 121 Å². The van der Waals surface area contributed by atoms with Crippen LogP contribution in [0.25, 0.3) is 0 Å². The second-order valence-electron chi connectivity index (χ2n) is 4.84. The Bertz CT molecular complexity index is 535. The van der Waals surface area contributed by atoms with Gasteiger partial charge in [-0.2, -0.15) is 0 Å². The summed E-state index contributed by atoms with van der Waals surface area (Å²) in [6, 6.07) is 7.93. The maximum Gasteiger partial charge on any atom is 0.227 e. The molecule has 5 heteroatoms. The van der Waals surface area contributed by atoms with Gasteiger partial charge in [0.25, 0.3) is 0 Å². The molecule has 0 aromatic heterocycles. The second-order valence-corrected chi connectivity index (χ2v) is 7.32. The van der Waals surface area contributed by atoms with E-state index in [1.807, 2.05) is 31.2 Å². The van der Waals surface area contributed by atoms with Gasteiger partial charge in [-0.15, -0.1) is 0 Å². The summed E-state index contributed by atoms with van der Waals surface area (Å²) in [4.78, 5) is 12.0. The monoisotopic (exact) mass is 297 g/mol. The van der Waals surface area contributed by atoms with E-state index in [9.17, 15) is 13.2 Å². The van der Waals surface area contributed by atoms with Gasteiger partial charge in [0, 0.05) is 12.3 Å². The summed E-state index contributed by atoms with van der Waals surface area (Å²) in [5, 5.41) is 2.68. The minimum absolute atomic E-state index is 0.00324. The van der Waals surface area contributed by atoms with Crippen LogP contribution in [-0.2, 0) is 21.1 Å². The predicted molar refractivity (Wildman–Crippen MR) is 81.6 cm³/mol. The Balaban J connectivity index is 2.54. The highest BCUT2D eigenvalue weighted by atomic mass is 32.2. The van der Waals surface area contributed by atoms with E-state index < -0.39 is 9.84 Å². The van der Waals surface area contributed by atoms with Gasteiger partial charge in [0.1, 0.15) is 0 Å². The zero-order valence-corrected chi connectivity index (χ0v) is 13.2. The average Bonchev–Trinajstić information content (AvgIpc) is 2.46. The molecule has 1 atom stereocenters. The molecule has 1 aromatic carbocycles. The topological polar surface area (TPSA) is 63.2 Å². The highest BCUT2D eigenvalue weighted by Gasteiger charge is 2.15. The number of sulfone groups is 1. The smallest absolute Gasteiger partial charge is 0.227 e. The SMILES string of the molecule is CCc1ccc(C(C)C(=O)NCCS(=O)(=O)CC)cc1. The van der Waals surface area contributed by atoms with Crippen LogP contribution >= 0.6 is 0 Å². The predicted octanol–water partition coefficient (Wildman–Crippen LogP) is 1.90. The van der Waals surface area contributed by atoms with Gasteiger partial charge in [-0.3, -0.25) is 4.79 Å². The van der Waals surface area contributed by atoms with Gasteiger partial charge in [-0.05, 0) is 24.5 Å². The fourth-order valence-corrected chi connectivity index (χ4v) is 2.52. The zero-order chi connectivity index (χ0) is 15.2. The number of benzene rings is 1. The van der Waals surface area contributed by atoms with Crippen LogP contribution < -0.4 is 5.32 Å². The van der Waals surface area contributed by atoms with Crippen molar-refractivity contribution in [3.8, 4) is 0 Å². The average molecular weight is 297 g/mol. The molecule has 1 rings (SSSR count). The van der Waals surface area contributed by atoms with Gasteiger partial charge in [0.2, 0.25) is 5.91 Å². The number of carbonyl (C=O) groups excluding carboxylic acids is 1. The van der Waals surface area contributed by atoms with Gasteiger partial charge >= 0.3 is 0 Å². The molecule has 0 saturated heterocycles. The first-order valence-corrected chi connectivity index (χ1v) is 8.78. The van der Waals surface area contributed by atoms with Crippen molar-refractivity contribution in [2.24, 2.45) is 0 Å². The van der Waals surface area contributed by atoms with E-state index in [4.69, 9.17) is 0 Å². The van der Waals surface area contributed by atoms with Crippen LogP contribution in [-0.4, -0.2) is 32.4 Å². The van der Waals surface area contributed by atoms with E-state index >= 15 is 0 Å². The summed E-state index contributed by atoms with van der Waals surface area (Å²) in [6.45, 7) is 5.69. The highest BCUT2D eigenvalue weighted by Crippen LogP contribution is 2.16. The van der Waals surface area contributed by atoms with Gasteiger partial charge in [-0.1, -0.05) is 38.1 Å². The lowest BCUT2D eigenvalue weighted by atomic mass is 9.98. The van der Waals surface area contributed by atoms with Crippen LogP contribution in [0, 0.1) is 0 Å². The van der Waals surface area contributed by atoms with E-state index in [0.717, 1.165) is 12.0 Å². The standard InChI is InChI=1S/C15H23NO3S/c1-4-13-6-8-14(9-7-13)12(3)15(17)16-10-11-20(18,19)5-2/h6-9,12H,4-5,10-11H2,1-3H3,(H,16,17).